The Kier molecular flexibility index (Phi) is 16.7. The van der Waals surface area contributed by atoms with Crippen molar-refractivity contribution in [2.45, 2.75) is 90.9 Å². The number of aliphatic imine (C=N–C) groups is 1. The predicted octanol–water partition coefficient (Wildman–Crippen LogP) is 9.97. The third-order valence-corrected chi connectivity index (χ3v) is 13.3. The van der Waals surface area contributed by atoms with Gasteiger partial charge in [-0.3, -0.25) is 18.4 Å². The summed E-state index contributed by atoms with van der Waals surface area (Å²) in [5.74, 6) is 8.25. The molecule has 5 aromatic rings. The monoisotopic (exact) mass is 974 g/mol. The number of methoxy groups -OCH3 is 2. The Morgan fingerprint density at radius 1 is 0.914 bits per heavy atom. The lowest BCUT2D eigenvalue weighted by atomic mass is 9.80. The molecule has 4 unspecified atom stereocenters. The first-order valence-electron chi connectivity index (χ1n) is 23.5. The molecule has 0 N–H and O–H groups in total. The summed E-state index contributed by atoms with van der Waals surface area (Å²) in [6, 6.07) is 32.3. The van der Waals surface area contributed by atoms with E-state index in [2.05, 4.69) is 49.4 Å². The van der Waals surface area contributed by atoms with Crippen LogP contribution in [-0.2, 0) is 43.8 Å². The zero-order valence-corrected chi connectivity index (χ0v) is 42.2. The molecule has 4 aromatic carbocycles. The summed E-state index contributed by atoms with van der Waals surface area (Å²) in [6.45, 7) is 14.8. The second-order valence-electron chi connectivity index (χ2n) is 18.5. The molecule has 1 aromatic heterocycles. The molecule has 15 nitrogen and oxygen atoms in total. The lowest BCUT2D eigenvalue weighted by Gasteiger charge is -2.37. The van der Waals surface area contributed by atoms with Crippen LogP contribution in [0.15, 0.2) is 119 Å². The number of carbonyl (C=O) groups is 1. The van der Waals surface area contributed by atoms with Gasteiger partial charge in [-0.05, 0) is 72.7 Å². The quantitative estimate of drug-likeness (QED) is 0.0147. The van der Waals surface area contributed by atoms with Gasteiger partial charge in [0, 0.05) is 44.6 Å². The SMILES string of the molecule is COc1ccc(C(OCC2OC(n3cc(C#CCCOP4(=O)Oc5ccccc5C(C)(C)O4)c(N=CN(CC(C)C)CC(C)C)nc3=O)CC2OC(C)=O)(c2ccccc2)c2ccc(OC)cc2)cc1. The molecule has 2 aliphatic rings. The summed E-state index contributed by atoms with van der Waals surface area (Å²) in [5, 5.41) is 0. The maximum absolute atomic E-state index is 14.1. The summed E-state index contributed by atoms with van der Waals surface area (Å²) in [7, 11) is -0.769. The van der Waals surface area contributed by atoms with E-state index < -0.39 is 49.1 Å². The van der Waals surface area contributed by atoms with Crippen molar-refractivity contribution in [1.29, 1.82) is 0 Å². The molecule has 0 amide bonds. The molecule has 370 valence electrons. The van der Waals surface area contributed by atoms with Gasteiger partial charge in [0.25, 0.3) is 0 Å². The summed E-state index contributed by atoms with van der Waals surface area (Å²) >= 11 is 0. The number of ether oxygens (including phenoxy) is 5. The van der Waals surface area contributed by atoms with Crippen molar-refractivity contribution >= 4 is 25.9 Å². The van der Waals surface area contributed by atoms with Gasteiger partial charge >= 0.3 is 19.5 Å². The van der Waals surface area contributed by atoms with Crippen LogP contribution in [0.3, 0.4) is 0 Å². The zero-order valence-electron chi connectivity index (χ0n) is 41.3. The van der Waals surface area contributed by atoms with Gasteiger partial charge in [0.15, 0.2) is 5.82 Å². The fourth-order valence-corrected chi connectivity index (χ4v) is 10.2. The summed E-state index contributed by atoms with van der Waals surface area (Å²) in [4.78, 5) is 38.0. The normalized spacial score (nSPS) is 19.6. The average molecular weight is 975 g/mol. The van der Waals surface area contributed by atoms with Crippen LogP contribution in [0.1, 0.15) is 95.4 Å². The highest BCUT2D eigenvalue weighted by Crippen LogP contribution is 2.60. The smallest absolute Gasteiger partial charge is 0.497 e. The summed E-state index contributed by atoms with van der Waals surface area (Å²) in [5.41, 5.74) is 0.754. The van der Waals surface area contributed by atoms with E-state index in [0.717, 1.165) is 35.3 Å². The van der Waals surface area contributed by atoms with Crippen molar-refractivity contribution in [2.75, 3.05) is 40.5 Å². The van der Waals surface area contributed by atoms with Gasteiger partial charge in [-0.1, -0.05) is 112 Å². The minimum absolute atomic E-state index is 0.0692. The van der Waals surface area contributed by atoms with Crippen LogP contribution in [0, 0.1) is 23.7 Å². The average Bonchev–Trinajstić information content (AvgIpc) is 3.72. The van der Waals surface area contributed by atoms with Gasteiger partial charge < -0.3 is 33.1 Å². The molecule has 4 atom stereocenters. The van der Waals surface area contributed by atoms with Crippen LogP contribution < -0.4 is 19.7 Å². The summed E-state index contributed by atoms with van der Waals surface area (Å²) < 4.78 is 63.1. The number of esters is 1. The number of carbonyl (C=O) groups excluding carboxylic acids is 1. The van der Waals surface area contributed by atoms with E-state index in [1.165, 1.54) is 11.5 Å². The van der Waals surface area contributed by atoms with E-state index in [0.29, 0.717) is 34.6 Å². The number of hydrogen-bond donors (Lipinski definition) is 0. The number of benzene rings is 4. The molecule has 0 radical (unpaired) electrons. The number of nitrogens with zero attached hydrogens (tertiary/aromatic N) is 4. The molecule has 0 saturated carbocycles. The molecule has 0 spiro atoms. The van der Waals surface area contributed by atoms with Crippen molar-refractivity contribution < 1.29 is 46.6 Å². The van der Waals surface area contributed by atoms with Crippen molar-refractivity contribution in [3.63, 3.8) is 0 Å². The van der Waals surface area contributed by atoms with Gasteiger partial charge in [0.2, 0.25) is 0 Å². The molecule has 7 rings (SSSR count). The van der Waals surface area contributed by atoms with Crippen LogP contribution in [0.4, 0.5) is 5.82 Å². The van der Waals surface area contributed by atoms with Crippen LogP contribution in [-0.4, -0.2) is 79.5 Å². The molecule has 3 heterocycles. The van der Waals surface area contributed by atoms with Gasteiger partial charge in [-0.2, -0.15) is 4.98 Å². The Morgan fingerprint density at radius 3 is 2.11 bits per heavy atom. The third kappa shape index (κ3) is 12.4. The van der Waals surface area contributed by atoms with E-state index >= 15 is 0 Å². The third-order valence-electron chi connectivity index (χ3n) is 11.7. The molecule has 70 heavy (non-hydrogen) atoms. The number of aromatic nitrogens is 2. The molecule has 1 saturated heterocycles. The van der Waals surface area contributed by atoms with E-state index in [1.54, 1.807) is 52.7 Å². The largest absolute Gasteiger partial charge is 0.530 e. The number of phosphoric ester groups is 1. The molecular formula is C54H63N4O11P. The number of fused-ring (bicyclic) bond motifs is 1. The minimum atomic E-state index is -3.99. The molecule has 0 aliphatic carbocycles. The standard InChI is InChI=1S/C54H63N4O11P/c1-37(2)32-57(33-38(3)4)36-55-51-40(17-15-16-30-65-70(61)68-47-21-14-13-20-46(47)53(6,7)69-70)34-58(52(60)56-51)50-31-48(66-39(5)59)49(67-50)35-64-54(41-18-11-10-12-19-41,42-22-26-44(62-8)27-23-42)43-24-28-45(63-9)29-25-43/h10-14,18-29,34,36-38,48-50H,16,30-33,35H2,1-9H3. The molecule has 2 aliphatic heterocycles. The molecule has 16 heteroatoms. The van der Waals surface area contributed by atoms with Crippen LogP contribution in [0.2, 0.25) is 0 Å². The number of phosphoric acid groups is 1. The second kappa shape index (κ2) is 22.7. The first-order chi connectivity index (χ1) is 33.5. The number of para-hydroxylation sites is 1. The Bertz CT molecular complexity index is 2710. The second-order valence-corrected chi connectivity index (χ2v) is 20.0. The van der Waals surface area contributed by atoms with Gasteiger partial charge in [0.05, 0.1) is 39.3 Å². The topological polar surface area (TPSA) is 158 Å². The van der Waals surface area contributed by atoms with Gasteiger partial charge in [-0.15, -0.1) is 0 Å². The highest BCUT2D eigenvalue weighted by Gasteiger charge is 2.45. The summed E-state index contributed by atoms with van der Waals surface area (Å²) in [6.07, 6.45) is 0.882. The predicted molar refractivity (Wildman–Crippen MR) is 266 cm³/mol. The van der Waals surface area contributed by atoms with E-state index in [1.807, 2.05) is 91.0 Å². The fourth-order valence-electron chi connectivity index (χ4n) is 8.67. The van der Waals surface area contributed by atoms with Crippen LogP contribution >= 0.6 is 7.82 Å². The van der Waals surface area contributed by atoms with Crippen molar-refractivity contribution in [3.05, 3.63) is 148 Å². The first-order valence-corrected chi connectivity index (χ1v) is 24.9. The zero-order chi connectivity index (χ0) is 50.1. The number of hydrogen-bond acceptors (Lipinski definition) is 13. The maximum atomic E-state index is 14.1. The van der Waals surface area contributed by atoms with Crippen molar-refractivity contribution in [1.82, 2.24) is 14.5 Å². The highest BCUT2D eigenvalue weighted by atomic mass is 31.2. The molecular weight excluding hydrogens is 912 g/mol. The van der Waals surface area contributed by atoms with Gasteiger partial charge in [-0.25, -0.2) is 14.4 Å². The van der Waals surface area contributed by atoms with Crippen molar-refractivity contribution in [2.24, 2.45) is 16.8 Å². The molecule has 0 bridgehead atoms. The lowest BCUT2D eigenvalue weighted by Crippen LogP contribution is -2.39. The van der Waals surface area contributed by atoms with Crippen molar-refractivity contribution in [3.8, 4) is 29.1 Å². The van der Waals surface area contributed by atoms with E-state index in [-0.39, 0.29) is 31.9 Å². The van der Waals surface area contributed by atoms with E-state index in [9.17, 15) is 14.2 Å². The Labute approximate surface area is 410 Å². The van der Waals surface area contributed by atoms with Crippen LogP contribution in [0.25, 0.3) is 0 Å². The minimum Gasteiger partial charge on any atom is -0.497 e. The first kappa shape index (κ1) is 51.6. The highest BCUT2D eigenvalue weighted by molar-refractivity contribution is 7.49. The Morgan fingerprint density at radius 2 is 1.51 bits per heavy atom. The number of rotatable bonds is 19. The van der Waals surface area contributed by atoms with Gasteiger partial charge in [0.1, 0.15) is 46.9 Å². The fraction of sp³-hybridized carbons (Fsp3) is 0.407. The Hall–Kier alpha value is -6.27. The Balaban J connectivity index is 1.20. The molecule has 1 fully saturated rings. The van der Waals surface area contributed by atoms with Crippen LogP contribution in [0.5, 0.6) is 17.2 Å². The maximum Gasteiger partial charge on any atom is 0.530 e. The lowest BCUT2D eigenvalue weighted by molar-refractivity contribution is -0.153. The van der Waals surface area contributed by atoms with E-state index in [4.69, 9.17) is 42.2 Å².